The summed E-state index contributed by atoms with van der Waals surface area (Å²) in [5.74, 6) is -0.899. The van der Waals surface area contributed by atoms with E-state index in [1.165, 1.54) is 103 Å². The second-order valence-corrected chi connectivity index (χ2v) is 15.2. The molecule has 50 heavy (non-hydrogen) atoms. The van der Waals surface area contributed by atoms with Crippen molar-refractivity contribution >= 4 is 19.8 Å². The summed E-state index contributed by atoms with van der Waals surface area (Å²) in [4.78, 5) is 42.8. The van der Waals surface area contributed by atoms with Crippen LogP contribution in [0.2, 0.25) is 0 Å². The molecule has 294 valence electrons. The Bertz CT molecular complexity index is 869. The van der Waals surface area contributed by atoms with E-state index in [4.69, 9.17) is 19.3 Å². The topological polar surface area (TPSA) is 119 Å². The number of phosphoric ester groups is 1. The molecule has 0 rings (SSSR count). The zero-order chi connectivity index (χ0) is 36.8. The van der Waals surface area contributed by atoms with Gasteiger partial charge in [0.05, 0.1) is 6.61 Å². The van der Waals surface area contributed by atoms with Crippen LogP contribution in [0.5, 0.6) is 0 Å². The zero-order valence-electron chi connectivity index (χ0n) is 32.3. The highest BCUT2D eigenvalue weighted by Crippen LogP contribution is 2.36. The van der Waals surface area contributed by atoms with Gasteiger partial charge in [-0.1, -0.05) is 154 Å². The maximum absolute atomic E-state index is 12.4. The SMILES string of the molecule is CCCCCCCCC/C=C\CCCCCCCC(=O)OC[C@H](COP(=O)(O)O)OC(=O)CCCCCCC/C=C\CCCCCCCCC. The molecule has 9 heteroatoms. The second kappa shape index (κ2) is 37.3. The molecule has 0 aromatic heterocycles. The molecule has 0 spiro atoms. The van der Waals surface area contributed by atoms with Crippen LogP contribution in [0.15, 0.2) is 24.3 Å². The van der Waals surface area contributed by atoms with E-state index in [1.807, 2.05) is 0 Å². The maximum Gasteiger partial charge on any atom is 0.469 e. The minimum Gasteiger partial charge on any atom is -0.462 e. The highest BCUT2D eigenvalue weighted by Gasteiger charge is 2.22. The third-order valence-electron chi connectivity index (χ3n) is 8.94. The van der Waals surface area contributed by atoms with Crippen LogP contribution in [0.25, 0.3) is 0 Å². The van der Waals surface area contributed by atoms with Gasteiger partial charge in [-0.05, 0) is 64.2 Å². The Morgan fingerprint density at radius 1 is 0.500 bits per heavy atom. The lowest BCUT2D eigenvalue weighted by atomic mass is 10.1. The molecule has 1 atom stereocenters. The van der Waals surface area contributed by atoms with Gasteiger partial charge in [0.15, 0.2) is 6.10 Å². The Hall–Kier alpha value is -1.47. The molecule has 0 radical (unpaired) electrons. The Morgan fingerprint density at radius 3 is 1.22 bits per heavy atom. The van der Waals surface area contributed by atoms with E-state index in [-0.39, 0.29) is 19.4 Å². The predicted molar refractivity (Wildman–Crippen MR) is 207 cm³/mol. The Morgan fingerprint density at radius 2 is 0.840 bits per heavy atom. The highest BCUT2D eigenvalue weighted by molar-refractivity contribution is 7.46. The van der Waals surface area contributed by atoms with Crippen LogP contribution in [-0.4, -0.2) is 41.0 Å². The number of carbonyl (C=O) groups is 2. The van der Waals surface area contributed by atoms with E-state index < -0.39 is 32.5 Å². The van der Waals surface area contributed by atoms with Gasteiger partial charge in [0.25, 0.3) is 0 Å². The number of rotatable bonds is 38. The van der Waals surface area contributed by atoms with Crippen molar-refractivity contribution in [2.75, 3.05) is 13.2 Å². The number of carbonyl (C=O) groups excluding carboxylic acids is 2. The molecule has 2 N–H and O–H groups in total. The van der Waals surface area contributed by atoms with Crippen LogP contribution in [0.4, 0.5) is 0 Å². The smallest absolute Gasteiger partial charge is 0.462 e. The summed E-state index contributed by atoms with van der Waals surface area (Å²) in [5, 5.41) is 0. The quantitative estimate of drug-likeness (QED) is 0.0279. The summed E-state index contributed by atoms with van der Waals surface area (Å²) < 4.78 is 26.4. The number of esters is 2. The van der Waals surface area contributed by atoms with E-state index in [0.29, 0.717) is 12.8 Å². The molecule has 0 aromatic carbocycles. The van der Waals surface area contributed by atoms with Crippen molar-refractivity contribution in [1.82, 2.24) is 0 Å². The second-order valence-electron chi connectivity index (χ2n) is 14.0. The lowest BCUT2D eigenvalue weighted by molar-refractivity contribution is -0.161. The average molecular weight is 729 g/mol. The van der Waals surface area contributed by atoms with E-state index in [2.05, 4.69) is 42.7 Å². The van der Waals surface area contributed by atoms with Gasteiger partial charge < -0.3 is 19.3 Å². The van der Waals surface area contributed by atoms with Gasteiger partial charge in [-0.25, -0.2) is 4.57 Å². The first-order valence-electron chi connectivity index (χ1n) is 20.6. The Balaban J connectivity index is 3.94. The normalized spacial score (nSPS) is 12.6. The number of unbranched alkanes of at least 4 members (excludes halogenated alkanes) is 24. The molecule has 0 aliphatic rings. The Kier molecular flexibility index (Phi) is 36.2. The van der Waals surface area contributed by atoms with Crippen LogP contribution < -0.4 is 0 Å². The van der Waals surface area contributed by atoms with E-state index in [0.717, 1.165) is 64.2 Å². The van der Waals surface area contributed by atoms with Gasteiger partial charge in [-0.3, -0.25) is 14.1 Å². The van der Waals surface area contributed by atoms with Crippen LogP contribution in [0.1, 0.15) is 206 Å². The van der Waals surface area contributed by atoms with Gasteiger partial charge in [0, 0.05) is 12.8 Å². The van der Waals surface area contributed by atoms with E-state index in [9.17, 15) is 14.2 Å². The van der Waals surface area contributed by atoms with Crippen LogP contribution in [0, 0.1) is 0 Å². The molecule has 0 aliphatic heterocycles. The fourth-order valence-corrected chi connectivity index (χ4v) is 6.19. The number of allylic oxidation sites excluding steroid dienone is 4. The molecule has 0 amide bonds. The molecule has 8 nitrogen and oxygen atoms in total. The zero-order valence-corrected chi connectivity index (χ0v) is 33.2. The molecule has 0 unspecified atom stereocenters. The minimum absolute atomic E-state index is 0.202. The number of hydrogen-bond acceptors (Lipinski definition) is 6. The largest absolute Gasteiger partial charge is 0.469 e. The van der Waals surface area contributed by atoms with E-state index >= 15 is 0 Å². The maximum atomic E-state index is 12.4. The molecular weight excluding hydrogens is 651 g/mol. The highest BCUT2D eigenvalue weighted by atomic mass is 31.2. The van der Waals surface area contributed by atoms with Crippen LogP contribution in [-0.2, 0) is 28.2 Å². The standard InChI is InChI=1S/C41H77O8P/c1-3-5-7-9-11-13-15-17-19-21-23-25-27-29-31-33-35-40(42)47-37-39(38-48-50(44,45)46)49-41(43)36-34-32-30-28-26-24-22-20-18-16-14-12-10-8-6-4-2/h19-22,39H,3-18,23-38H2,1-2H3,(H2,44,45,46)/b21-19-,22-20-/t39-/m1/s1. The summed E-state index contributed by atoms with van der Waals surface area (Å²) in [6, 6.07) is 0. The van der Waals surface area contributed by atoms with Gasteiger partial charge in [-0.15, -0.1) is 0 Å². The van der Waals surface area contributed by atoms with Crippen molar-refractivity contribution in [2.45, 2.75) is 213 Å². The van der Waals surface area contributed by atoms with Crippen molar-refractivity contribution in [1.29, 1.82) is 0 Å². The lowest BCUT2D eigenvalue weighted by Crippen LogP contribution is -2.29. The number of ether oxygens (including phenoxy) is 2. The summed E-state index contributed by atoms with van der Waals surface area (Å²) in [7, 11) is -4.75. The van der Waals surface area contributed by atoms with Crippen molar-refractivity contribution < 1.29 is 37.9 Å². The summed E-state index contributed by atoms with van der Waals surface area (Å²) >= 11 is 0. The van der Waals surface area contributed by atoms with E-state index in [1.54, 1.807) is 0 Å². The van der Waals surface area contributed by atoms with Crippen molar-refractivity contribution in [3.05, 3.63) is 24.3 Å². The monoisotopic (exact) mass is 729 g/mol. The van der Waals surface area contributed by atoms with Gasteiger partial charge in [-0.2, -0.15) is 0 Å². The third kappa shape index (κ3) is 39.3. The predicted octanol–water partition coefficient (Wildman–Crippen LogP) is 12.4. The van der Waals surface area contributed by atoms with Gasteiger partial charge in [0.2, 0.25) is 0 Å². The van der Waals surface area contributed by atoms with Crippen LogP contribution in [0.3, 0.4) is 0 Å². The molecule has 0 aromatic rings. The van der Waals surface area contributed by atoms with Crippen molar-refractivity contribution in [3.8, 4) is 0 Å². The summed E-state index contributed by atoms with van der Waals surface area (Å²) in [5.41, 5.74) is 0. The first-order chi connectivity index (χ1) is 24.3. The third-order valence-corrected chi connectivity index (χ3v) is 9.43. The Labute approximate surface area is 307 Å². The first-order valence-corrected chi connectivity index (χ1v) is 22.2. The average Bonchev–Trinajstić information content (AvgIpc) is 3.08. The molecule has 0 bridgehead atoms. The summed E-state index contributed by atoms with van der Waals surface area (Å²) in [6.45, 7) is 3.67. The minimum atomic E-state index is -4.75. The molecule has 0 fully saturated rings. The van der Waals surface area contributed by atoms with Crippen LogP contribution >= 0.6 is 7.82 Å². The van der Waals surface area contributed by atoms with Crippen molar-refractivity contribution in [3.63, 3.8) is 0 Å². The lowest BCUT2D eigenvalue weighted by Gasteiger charge is -2.18. The fourth-order valence-electron chi connectivity index (χ4n) is 5.83. The first kappa shape index (κ1) is 48.5. The number of hydrogen-bond donors (Lipinski definition) is 2. The van der Waals surface area contributed by atoms with Gasteiger partial charge >= 0.3 is 19.8 Å². The molecule has 0 saturated carbocycles. The fraction of sp³-hybridized carbons (Fsp3) is 0.854. The molecular formula is C41H77O8P. The van der Waals surface area contributed by atoms with Crippen molar-refractivity contribution in [2.24, 2.45) is 0 Å². The molecule has 0 aliphatic carbocycles. The van der Waals surface area contributed by atoms with Gasteiger partial charge in [0.1, 0.15) is 6.61 Å². The molecule has 0 heterocycles. The number of phosphoric acid groups is 1. The summed E-state index contributed by atoms with van der Waals surface area (Å²) in [6.07, 6.45) is 41.8. The molecule has 0 saturated heterocycles.